The highest BCUT2D eigenvalue weighted by atomic mass is 16.5. The zero-order chi connectivity index (χ0) is 23.9. The Kier molecular flexibility index (Phi) is 7.95. The summed E-state index contributed by atoms with van der Waals surface area (Å²) in [5.74, 6) is 0. The first kappa shape index (κ1) is 23.9. The second-order valence-corrected chi connectivity index (χ2v) is 9.14. The molecule has 4 rings (SSSR count). The molecule has 0 bridgehead atoms. The van der Waals surface area contributed by atoms with Crippen molar-refractivity contribution in [1.82, 2.24) is 0 Å². The van der Waals surface area contributed by atoms with Crippen molar-refractivity contribution in [2.45, 2.75) is 39.9 Å². The van der Waals surface area contributed by atoms with Crippen LogP contribution in [0.3, 0.4) is 0 Å². The summed E-state index contributed by atoms with van der Waals surface area (Å²) in [5.41, 5.74) is 9.60. The van der Waals surface area contributed by atoms with Gasteiger partial charge in [0.15, 0.2) is 0 Å². The van der Waals surface area contributed by atoms with Crippen LogP contribution in [0.25, 0.3) is 0 Å². The Morgan fingerprint density at radius 3 is 0.794 bits per heavy atom. The lowest BCUT2D eigenvalue weighted by atomic mass is 9.99. The van der Waals surface area contributed by atoms with Crippen molar-refractivity contribution in [2.75, 3.05) is 13.2 Å². The minimum absolute atomic E-state index is 0.123. The van der Waals surface area contributed by atoms with E-state index in [1.807, 2.05) is 0 Å². The van der Waals surface area contributed by atoms with E-state index < -0.39 is 0 Å². The Morgan fingerprint density at radius 1 is 0.382 bits per heavy atom. The molecule has 0 heterocycles. The van der Waals surface area contributed by atoms with Crippen LogP contribution in [0, 0.1) is 27.7 Å². The second-order valence-electron chi connectivity index (χ2n) is 9.14. The van der Waals surface area contributed by atoms with E-state index in [4.69, 9.17) is 9.47 Å². The molecule has 0 radical (unpaired) electrons. The molecule has 0 atom stereocenters. The van der Waals surface area contributed by atoms with Gasteiger partial charge in [-0.3, -0.25) is 0 Å². The number of aryl methyl sites for hydroxylation is 4. The fourth-order valence-electron chi connectivity index (χ4n) is 4.07. The Hall–Kier alpha value is -3.20. The SMILES string of the molecule is Cc1ccc(C(OCCOC(c2ccc(C)cc2)c2ccc(C)cc2)c2ccc(C)cc2)cc1. The van der Waals surface area contributed by atoms with Gasteiger partial charge in [-0.05, 0) is 49.9 Å². The van der Waals surface area contributed by atoms with Gasteiger partial charge < -0.3 is 9.47 Å². The lowest BCUT2D eigenvalue weighted by Gasteiger charge is -2.22. The molecule has 0 aliphatic rings. The summed E-state index contributed by atoms with van der Waals surface area (Å²) in [5, 5.41) is 0. The summed E-state index contributed by atoms with van der Waals surface area (Å²) in [6.45, 7) is 9.43. The van der Waals surface area contributed by atoms with Gasteiger partial charge in [-0.1, -0.05) is 119 Å². The standard InChI is InChI=1S/C32H34O2/c1-23-5-13-27(14-6-23)31(28-15-7-24(2)8-16-28)33-21-22-34-32(29-17-9-25(3)10-18-29)30-19-11-26(4)12-20-30/h5-20,31-32H,21-22H2,1-4H3. The minimum atomic E-state index is -0.123. The zero-order valence-corrected chi connectivity index (χ0v) is 20.6. The predicted octanol–water partition coefficient (Wildman–Crippen LogP) is 7.83. The molecule has 0 N–H and O–H groups in total. The molecule has 0 aliphatic carbocycles. The Bertz CT molecular complexity index is 970. The molecule has 0 saturated heterocycles. The molecule has 2 nitrogen and oxygen atoms in total. The molecule has 0 spiro atoms. The number of hydrogen-bond acceptors (Lipinski definition) is 2. The number of hydrogen-bond donors (Lipinski definition) is 0. The van der Waals surface area contributed by atoms with E-state index in [1.165, 1.54) is 22.3 Å². The van der Waals surface area contributed by atoms with Gasteiger partial charge in [0.05, 0.1) is 13.2 Å². The molecule has 4 aromatic carbocycles. The number of rotatable bonds is 9. The van der Waals surface area contributed by atoms with Crippen LogP contribution in [-0.4, -0.2) is 13.2 Å². The maximum Gasteiger partial charge on any atom is 0.108 e. The highest BCUT2D eigenvalue weighted by molar-refractivity contribution is 5.34. The molecule has 0 fully saturated rings. The van der Waals surface area contributed by atoms with Crippen molar-refractivity contribution < 1.29 is 9.47 Å². The van der Waals surface area contributed by atoms with Gasteiger partial charge in [0.25, 0.3) is 0 Å². The molecule has 0 unspecified atom stereocenters. The summed E-state index contributed by atoms with van der Waals surface area (Å²) in [4.78, 5) is 0. The molecule has 0 amide bonds. The third-order valence-corrected chi connectivity index (χ3v) is 6.17. The van der Waals surface area contributed by atoms with Gasteiger partial charge >= 0.3 is 0 Å². The zero-order valence-electron chi connectivity index (χ0n) is 20.6. The van der Waals surface area contributed by atoms with E-state index in [1.54, 1.807) is 0 Å². The van der Waals surface area contributed by atoms with E-state index >= 15 is 0 Å². The third-order valence-electron chi connectivity index (χ3n) is 6.17. The molecular formula is C32H34O2. The van der Waals surface area contributed by atoms with Crippen molar-refractivity contribution in [3.8, 4) is 0 Å². The van der Waals surface area contributed by atoms with E-state index in [-0.39, 0.29) is 12.2 Å². The predicted molar refractivity (Wildman–Crippen MR) is 140 cm³/mol. The fourth-order valence-corrected chi connectivity index (χ4v) is 4.07. The van der Waals surface area contributed by atoms with E-state index in [0.29, 0.717) is 13.2 Å². The molecule has 0 saturated carbocycles. The molecule has 0 aromatic heterocycles. The molecule has 174 valence electrons. The van der Waals surface area contributed by atoms with Crippen molar-refractivity contribution in [3.63, 3.8) is 0 Å². The van der Waals surface area contributed by atoms with Crippen LogP contribution in [-0.2, 0) is 9.47 Å². The molecular weight excluding hydrogens is 416 g/mol. The molecule has 0 aliphatic heterocycles. The first-order valence-corrected chi connectivity index (χ1v) is 12.0. The summed E-state index contributed by atoms with van der Waals surface area (Å²) in [6.07, 6.45) is -0.246. The fraction of sp³-hybridized carbons (Fsp3) is 0.250. The highest BCUT2D eigenvalue weighted by Crippen LogP contribution is 2.29. The lowest BCUT2D eigenvalue weighted by Crippen LogP contribution is -2.14. The smallest absolute Gasteiger partial charge is 0.108 e. The molecule has 34 heavy (non-hydrogen) atoms. The Labute approximate surface area is 204 Å². The maximum absolute atomic E-state index is 6.43. The van der Waals surface area contributed by atoms with Gasteiger partial charge in [-0.25, -0.2) is 0 Å². The van der Waals surface area contributed by atoms with Gasteiger partial charge in [0.2, 0.25) is 0 Å². The van der Waals surface area contributed by atoms with Gasteiger partial charge in [-0.15, -0.1) is 0 Å². The van der Waals surface area contributed by atoms with E-state index in [2.05, 4.69) is 125 Å². The maximum atomic E-state index is 6.43. The third kappa shape index (κ3) is 6.22. The average Bonchev–Trinajstić information content (AvgIpc) is 2.85. The molecule has 4 aromatic rings. The van der Waals surface area contributed by atoms with E-state index in [0.717, 1.165) is 22.3 Å². The van der Waals surface area contributed by atoms with Gasteiger partial charge in [-0.2, -0.15) is 0 Å². The quantitative estimate of drug-likeness (QED) is 0.242. The topological polar surface area (TPSA) is 18.5 Å². The number of benzene rings is 4. The van der Waals surface area contributed by atoms with Crippen molar-refractivity contribution in [3.05, 3.63) is 142 Å². The summed E-state index contributed by atoms with van der Waals surface area (Å²) in [6, 6.07) is 34.4. The number of ether oxygens (including phenoxy) is 2. The second kappa shape index (κ2) is 11.3. The molecule has 2 heteroatoms. The average molecular weight is 451 g/mol. The van der Waals surface area contributed by atoms with E-state index in [9.17, 15) is 0 Å². The highest BCUT2D eigenvalue weighted by Gasteiger charge is 2.17. The van der Waals surface area contributed by atoms with Crippen LogP contribution < -0.4 is 0 Å². The van der Waals surface area contributed by atoms with Crippen LogP contribution in [0.1, 0.15) is 56.7 Å². The Morgan fingerprint density at radius 2 is 0.588 bits per heavy atom. The van der Waals surface area contributed by atoms with Crippen LogP contribution in [0.15, 0.2) is 97.1 Å². The summed E-state index contributed by atoms with van der Waals surface area (Å²) in [7, 11) is 0. The van der Waals surface area contributed by atoms with Crippen LogP contribution in [0.5, 0.6) is 0 Å². The lowest BCUT2D eigenvalue weighted by molar-refractivity contribution is -0.000915. The normalized spacial score (nSPS) is 11.4. The Balaban J connectivity index is 1.48. The minimum Gasteiger partial charge on any atom is -0.366 e. The summed E-state index contributed by atoms with van der Waals surface area (Å²) < 4.78 is 12.9. The first-order chi connectivity index (χ1) is 16.5. The summed E-state index contributed by atoms with van der Waals surface area (Å²) >= 11 is 0. The van der Waals surface area contributed by atoms with Crippen LogP contribution in [0.4, 0.5) is 0 Å². The van der Waals surface area contributed by atoms with Crippen LogP contribution >= 0.6 is 0 Å². The van der Waals surface area contributed by atoms with Crippen molar-refractivity contribution in [1.29, 1.82) is 0 Å². The van der Waals surface area contributed by atoms with Crippen LogP contribution in [0.2, 0.25) is 0 Å². The first-order valence-electron chi connectivity index (χ1n) is 12.0. The van der Waals surface area contributed by atoms with Crippen molar-refractivity contribution >= 4 is 0 Å². The van der Waals surface area contributed by atoms with Gasteiger partial charge in [0, 0.05) is 0 Å². The van der Waals surface area contributed by atoms with Gasteiger partial charge in [0.1, 0.15) is 12.2 Å². The van der Waals surface area contributed by atoms with Crippen molar-refractivity contribution in [2.24, 2.45) is 0 Å². The largest absolute Gasteiger partial charge is 0.366 e. The monoisotopic (exact) mass is 450 g/mol.